The summed E-state index contributed by atoms with van der Waals surface area (Å²) < 4.78 is 12.8. The number of ketones is 1. The van der Waals surface area contributed by atoms with E-state index in [0.29, 0.717) is 22.9 Å². The van der Waals surface area contributed by atoms with Crippen molar-refractivity contribution in [1.82, 2.24) is 9.97 Å². The zero-order valence-electron chi connectivity index (χ0n) is 23.4. The Balaban J connectivity index is 0.000000140. The Morgan fingerprint density at radius 1 is 0.674 bits per heavy atom. The number of pyridine rings is 2. The van der Waals surface area contributed by atoms with Gasteiger partial charge in [-0.1, -0.05) is 80.4 Å². The second kappa shape index (κ2) is 10.3. The molecule has 0 aliphatic heterocycles. The average Bonchev–Trinajstić information content (AvgIpc) is 3.45. The molecular weight excluding hydrogens is 672 g/mol. The summed E-state index contributed by atoms with van der Waals surface area (Å²) in [6.45, 7) is 1.80. The van der Waals surface area contributed by atoms with E-state index in [-0.39, 0.29) is 5.78 Å². The van der Waals surface area contributed by atoms with E-state index in [0.717, 1.165) is 64.1 Å². The molecule has 0 saturated carbocycles. The van der Waals surface area contributed by atoms with Crippen LogP contribution in [0.5, 0.6) is 11.8 Å². The van der Waals surface area contributed by atoms with E-state index in [1.165, 1.54) is 0 Å². The van der Waals surface area contributed by atoms with Crippen LogP contribution in [0.2, 0.25) is 0 Å². The van der Waals surface area contributed by atoms with Crippen LogP contribution in [0.15, 0.2) is 93.9 Å². The number of benzene rings is 4. The molecule has 0 bridgehead atoms. The number of methoxy groups -OCH3 is 2. The number of hydrogen-bond donors (Lipinski definition) is 1. The molecule has 1 N–H and O–H groups in total. The standard InChI is InChI=1S/C18H14BrNO2.C17H10BrNO2/c1-18(21)13-6-4-3-5-11(13)15-12-9-10(19)7-8-14(12)20-17(22-2)16(15)18;1-21-17-15-14(10-4-2-3-5-11(10)16(15)20)12-8-9(18)6-7-13(12)19-17/h3-9,21H,1-2H3;2-8H,1H3. The van der Waals surface area contributed by atoms with Gasteiger partial charge in [-0.15, -0.1) is 0 Å². The summed E-state index contributed by atoms with van der Waals surface area (Å²) in [7, 11) is 3.13. The van der Waals surface area contributed by atoms with Crippen molar-refractivity contribution in [3.63, 3.8) is 0 Å². The van der Waals surface area contributed by atoms with E-state index in [9.17, 15) is 9.90 Å². The van der Waals surface area contributed by atoms with Gasteiger partial charge in [0.15, 0.2) is 5.78 Å². The first-order chi connectivity index (χ1) is 20.7. The number of hydrogen-bond acceptors (Lipinski definition) is 6. The second-order valence-corrected chi connectivity index (χ2v) is 12.4. The highest BCUT2D eigenvalue weighted by Crippen LogP contribution is 2.53. The predicted molar refractivity (Wildman–Crippen MR) is 175 cm³/mol. The van der Waals surface area contributed by atoms with Gasteiger partial charge in [0.1, 0.15) is 5.60 Å². The Morgan fingerprint density at radius 3 is 1.84 bits per heavy atom. The fraction of sp³-hybridized carbons (Fsp3) is 0.114. The SMILES string of the molecule is COc1nc2ccc(Br)cc2c2c1C(=O)c1ccccc1-2.COc1nc2ccc(Br)cc2c2c1C(C)(O)c1ccccc1-2. The fourth-order valence-electron chi connectivity index (χ4n) is 6.24. The Morgan fingerprint density at radius 2 is 1.21 bits per heavy atom. The maximum Gasteiger partial charge on any atom is 0.225 e. The van der Waals surface area contributed by atoms with Crippen molar-refractivity contribution in [1.29, 1.82) is 0 Å². The van der Waals surface area contributed by atoms with Crippen molar-refractivity contribution < 1.29 is 19.4 Å². The first-order valence-electron chi connectivity index (χ1n) is 13.6. The summed E-state index contributed by atoms with van der Waals surface area (Å²) in [6.07, 6.45) is 0. The first-order valence-corrected chi connectivity index (χ1v) is 15.1. The molecule has 8 rings (SSSR count). The number of nitrogens with zero attached hydrogens (tertiary/aromatic N) is 2. The molecule has 0 spiro atoms. The number of halogens is 2. The number of carbonyl (C=O) groups is 1. The summed E-state index contributed by atoms with van der Waals surface area (Å²) in [5, 5.41) is 13.1. The summed E-state index contributed by atoms with van der Waals surface area (Å²) >= 11 is 7.01. The van der Waals surface area contributed by atoms with Crippen molar-refractivity contribution in [2.24, 2.45) is 0 Å². The molecule has 0 fully saturated rings. The lowest BCUT2D eigenvalue weighted by molar-refractivity contribution is 0.103. The molecule has 0 radical (unpaired) electrons. The van der Waals surface area contributed by atoms with Crippen LogP contribution in [0.25, 0.3) is 44.1 Å². The van der Waals surface area contributed by atoms with E-state index in [2.05, 4.69) is 41.8 Å². The van der Waals surface area contributed by atoms with Gasteiger partial charge < -0.3 is 14.6 Å². The van der Waals surface area contributed by atoms with Gasteiger partial charge in [0, 0.05) is 36.4 Å². The van der Waals surface area contributed by atoms with Crippen molar-refractivity contribution in [2.75, 3.05) is 14.2 Å². The summed E-state index contributed by atoms with van der Waals surface area (Å²) in [5.41, 5.74) is 7.35. The van der Waals surface area contributed by atoms with Gasteiger partial charge in [-0.05, 0) is 60.0 Å². The number of rotatable bonds is 2. The number of fused-ring (bicyclic) bond motifs is 10. The zero-order chi connectivity index (χ0) is 30.0. The highest BCUT2D eigenvalue weighted by atomic mass is 79.9. The fourth-order valence-corrected chi connectivity index (χ4v) is 6.96. The molecule has 1 atom stereocenters. The zero-order valence-corrected chi connectivity index (χ0v) is 26.6. The lowest BCUT2D eigenvalue weighted by Crippen LogP contribution is -2.20. The monoisotopic (exact) mass is 694 g/mol. The average molecular weight is 696 g/mol. The molecule has 8 heteroatoms. The maximum absolute atomic E-state index is 12.7. The van der Waals surface area contributed by atoms with Crippen LogP contribution >= 0.6 is 31.9 Å². The second-order valence-electron chi connectivity index (χ2n) is 10.6. The normalized spacial score (nSPS) is 15.8. The lowest BCUT2D eigenvalue weighted by atomic mass is 9.94. The molecule has 2 aromatic heterocycles. The molecule has 6 nitrogen and oxygen atoms in total. The Hall–Kier alpha value is -4.11. The number of aromatic nitrogens is 2. The molecule has 4 aromatic carbocycles. The van der Waals surface area contributed by atoms with Crippen LogP contribution in [-0.4, -0.2) is 35.1 Å². The Bertz CT molecular complexity index is 2140. The van der Waals surface area contributed by atoms with Crippen LogP contribution in [0.3, 0.4) is 0 Å². The predicted octanol–water partition coefficient (Wildman–Crippen LogP) is 8.46. The van der Waals surface area contributed by atoms with E-state index < -0.39 is 5.60 Å². The maximum atomic E-state index is 12.7. The molecule has 6 aromatic rings. The van der Waals surface area contributed by atoms with E-state index >= 15 is 0 Å². The van der Waals surface area contributed by atoms with Gasteiger partial charge in [-0.25, -0.2) is 9.97 Å². The summed E-state index contributed by atoms with van der Waals surface area (Å²) in [6, 6.07) is 27.4. The van der Waals surface area contributed by atoms with Crippen molar-refractivity contribution in [3.8, 4) is 34.0 Å². The van der Waals surface area contributed by atoms with Gasteiger partial charge in [0.25, 0.3) is 0 Å². The minimum Gasteiger partial charge on any atom is -0.481 e. The van der Waals surface area contributed by atoms with Crippen LogP contribution in [0, 0.1) is 0 Å². The smallest absolute Gasteiger partial charge is 0.225 e. The molecule has 2 aliphatic rings. The molecular formula is C35H24Br2N2O4. The first kappa shape index (κ1) is 27.7. The van der Waals surface area contributed by atoms with E-state index in [4.69, 9.17) is 9.47 Å². The lowest BCUT2D eigenvalue weighted by Gasteiger charge is -2.21. The molecule has 2 aliphatic carbocycles. The number of aliphatic hydroxyl groups is 1. The third kappa shape index (κ3) is 4.19. The van der Waals surface area contributed by atoms with Crippen molar-refractivity contribution in [3.05, 3.63) is 116 Å². The summed E-state index contributed by atoms with van der Waals surface area (Å²) in [5.74, 6) is 0.846. The minimum atomic E-state index is -1.11. The number of carbonyl (C=O) groups excluding carboxylic acids is 1. The van der Waals surface area contributed by atoms with E-state index in [1.54, 1.807) is 21.1 Å². The molecule has 1 unspecified atom stereocenters. The molecule has 0 saturated heterocycles. The number of ether oxygens (including phenoxy) is 2. The van der Waals surface area contributed by atoms with Gasteiger partial charge in [-0.2, -0.15) is 0 Å². The largest absolute Gasteiger partial charge is 0.481 e. The molecule has 2 heterocycles. The van der Waals surface area contributed by atoms with Crippen LogP contribution < -0.4 is 9.47 Å². The molecule has 43 heavy (non-hydrogen) atoms. The quantitative estimate of drug-likeness (QED) is 0.196. The molecule has 0 amide bonds. The highest BCUT2D eigenvalue weighted by Gasteiger charge is 2.42. The topological polar surface area (TPSA) is 81.5 Å². The third-order valence-corrected chi connectivity index (χ3v) is 9.08. The summed E-state index contributed by atoms with van der Waals surface area (Å²) in [4.78, 5) is 21.7. The Kier molecular flexibility index (Phi) is 6.61. The van der Waals surface area contributed by atoms with E-state index in [1.807, 2.05) is 84.9 Å². The van der Waals surface area contributed by atoms with Crippen LogP contribution in [-0.2, 0) is 5.60 Å². The Labute approximate surface area is 264 Å². The van der Waals surface area contributed by atoms with Crippen molar-refractivity contribution in [2.45, 2.75) is 12.5 Å². The minimum absolute atomic E-state index is 0.0215. The van der Waals surface area contributed by atoms with Crippen LogP contribution in [0.4, 0.5) is 0 Å². The van der Waals surface area contributed by atoms with Crippen molar-refractivity contribution >= 4 is 59.4 Å². The third-order valence-electron chi connectivity index (χ3n) is 8.09. The highest BCUT2D eigenvalue weighted by molar-refractivity contribution is 9.10. The van der Waals surface area contributed by atoms with Gasteiger partial charge in [0.2, 0.25) is 11.8 Å². The van der Waals surface area contributed by atoms with Crippen LogP contribution in [0.1, 0.15) is 34.0 Å². The van der Waals surface area contributed by atoms with Gasteiger partial charge in [-0.3, -0.25) is 4.79 Å². The van der Waals surface area contributed by atoms with Gasteiger partial charge >= 0.3 is 0 Å². The molecule has 212 valence electrons. The van der Waals surface area contributed by atoms with Gasteiger partial charge in [0.05, 0.1) is 36.4 Å².